The summed E-state index contributed by atoms with van der Waals surface area (Å²) in [7, 11) is 0. The standard InChI is InChI=1S/C18H32N6O9/c19-6-2-1-3-9(20)15(29)24-12(8-25)17(31)22-10(4-5-13(21)26)16(30)23-11(18(32)33)7-14(27)28/h9-12,25H,1-8,19-20H2,(H2,21,26)(H,22,31)(H,23,30)(H,24,29)(H,27,28)(H,32,33). The quantitative estimate of drug-likeness (QED) is 0.0905. The van der Waals surface area contributed by atoms with Crippen molar-refractivity contribution in [3.05, 3.63) is 0 Å². The molecule has 4 amide bonds. The van der Waals surface area contributed by atoms with E-state index in [9.17, 15) is 33.9 Å². The van der Waals surface area contributed by atoms with Gasteiger partial charge in [0.25, 0.3) is 0 Å². The van der Waals surface area contributed by atoms with Crippen LogP contribution in [0.5, 0.6) is 0 Å². The summed E-state index contributed by atoms with van der Waals surface area (Å²) < 4.78 is 0. The molecule has 0 spiro atoms. The molecule has 4 unspecified atom stereocenters. The van der Waals surface area contributed by atoms with Crippen LogP contribution in [0.15, 0.2) is 0 Å². The molecule has 0 aromatic rings. The average molecular weight is 476 g/mol. The summed E-state index contributed by atoms with van der Waals surface area (Å²) in [5.41, 5.74) is 16.1. The van der Waals surface area contributed by atoms with E-state index in [0.717, 1.165) is 0 Å². The first kappa shape index (κ1) is 29.7. The Kier molecular flexibility index (Phi) is 13.9. The number of aliphatic hydroxyl groups excluding tert-OH is 1. The average Bonchev–Trinajstić information content (AvgIpc) is 2.73. The molecule has 0 bridgehead atoms. The third-order valence-electron chi connectivity index (χ3n) is 4.43. The van der Waals surface area contributed by atoms with Gasteiger partial charge in [-0.1, -0.05) is 6.42 Å². The molecule has 0 fully saturated rings. The van der Waals surface area contributed by atoms with Crippen LogP contribution in [-0.2, 0) is 28.8 Å². The number of rotatable bonds is 17. The number of carbonyl (C=O) groups is 6. The maximum absolute atomic E-state index is 12.5. The van der Waals surface area contributed by atoms with Crippen molar-refractivity contribution in [3.63, 3.8) is 0 Å². The number of hydrogen-bond acceptors (Lipinski definition) is 9. The van der Waals surface area contributed by atoms with Gasteiger partial charge in [0, 0.05) is 6.42 Å². The summed E-state index contributed by atoms with van der Waals surface area (Å²) in [4.78, 5) is 70.2. The number of carboxylic acid groups (broad SMARTS) is 2. The van der Waals surface area contributed by atoms with Crippen molar-refractivity contribution in [2.24, 2.45) is 17.2 Å². The van der Waals surface area contributed by atoms with E-state index < -0.39 is 72.8 Å². The van der Waals surface area contributed by atoms with Crippen LogP contribution in [-0.4, -0.2) is 88.2 Å². The Bertz CT molecular complexity index is 718. The topological polar surface area (TPSA) is 277 Å². The van der Waals surface area contributed by atoms with Gasteiger partial charge in [0.2, 0.25) is 23.6 Å². The number of nitrogens with one attached hydrogen (secondary N) is 3. The van der Waals surface area contributed by atoms with Gasteiger partial charge in [-0.05, 0) is 25.8 Å². The molecule has 0 aromatic heterocycles. The van der Waals surface area contributed by atoms with E-state index in [4.69, 9.17) is 27.4 Å². The second-order valence-corrected chi connectivity index (χ2v) is 7.20. The summed E-state index contributed by atoms with van der Waals surface area (Å²) in [5.74, 6) is -6.79. The van der Waals surface area contributed by atoms with Crippen LogP contribution in [0.25, 0.3) is 0 Å². The van der Waals surface area contributed by atoms with Gasteiger partial charge in [-0.25, -0.2) is 4.79 Å². The lowest BCUT2D eigenvalue weighted by Gasteiger charge is -2.24. The predicted octanol–water partition coefficient (Wildman–Crippen LogP) is -4.29. The maximum Gasteiger partial charge on any atom is 0.326 e. The van der Waals surface area contributed by atoms with E-state index in [1.54, 1.807) is 0 Å². The van der Waals surface area contributed by atoms with Crippen molar-refractivity contribution in [1.29, 1.82) is 0 Å². The number of aliphatic carboxylic acids is 2. The zero-order valence-electron chi connectivity index (χ0n) is 18.0. The molecule has 33 heavy (non-hydrogen) atoms. The number of amides is 4. The van der Waals surface area contributed by atoms with Crippen LogP contribution < -0.4 is 33.2 Å². The Morgan fingerprint density at radius 2 is 1.33 bits per heavy atom. The number of carbonyl (C=O) groups excluding carboxylic acids is 4. The second kappa shape index (κ2) is 15.5. The van der Waals surface area contributed by atoms with Crippen molar-refractivity contribution in [2.75, 3.05) is 13.2 Å². The molecule has 0 saturated carbocycles. The van der Waals surface area contributed by atoms with Crippen molar-refractivity contribution in [3.8, 4) is 0 Å². The minimum atomic E-state index is -1.80. The van der Waals surface area contributed by atoms with Gasteiger partial charge >= 0.3 is 11.9 Å². The third kappa shape index (κ3) is 12.4. The minimum Gasteiger partial charge on any atom is -0.481 e. The summed E-state index contributed by atoms with van der Waals surface area (Å²) >= 11 is 0. The fraction of sp³-hybridized carbons (Fsp3) is 0.667. The molecule has 0 rings (SSSR count). The minimum absolute atomic E-state index is 0.284. The van der Waals surface area contributed by atoms with Gasteiger partial charge in [-0.15, -0.1) is 0 Å². The van der Waals surface area contributed by atoms with Gasteiger partial charge in [-0.3, -0.25) is 24.0 Å². The van der Waals surface area contributed by atoms with Crippen molar-refractivity contribution >= 4 is 35.6 Å². The van der Waals surface area contributed by atoms with E-state index >= 15 is 0 Å². The normalized spacial score (nSPS) is 14.3. The number of primary amides is 1. The maximum atomic E-state index is 12.5. The number of carboxylic acids is 2. The van der Waals surface area contributed by atoms with Crippen LogP contribution in [0.3, 0.4) is 0 Å². The zero-order chi connectivity index (χ0) is 25.6. The van der Waals surface area contributed by atoms with Gasteiger partial charge in [0.05, 0.1) is 19.1 Å². The molecular formula is C18H32N6O9. The lowest BCUT2D eigenvalue weighted by molar-refractivity contribution is -0.147. The summed E-state index contributed by atoms with van der Waals surface area (Å²) in [6.07, 6.45) is -0.173. The molecule has 15 heteroatoms. The van der Waals surface area contributed by atoms with Gasteiger partial charge in [0.15, 0.2) is 0 Å². The molecule has 4 atom stereocenters. The summed E-state index contributed by atoms with van der Waals surface area (Å²) in [6.45, 7) is -0.437. The molecule has 188 valence electrons. The lowest BCUT2D eigenvalue weighted by Crippen LogP contribution is -2.58. The largest absolute Gasteiger partial charge is 0.481 e. The molecule has 0 aliphatic carbocycles. The number of aliphatic hydroxyl groups is 1. The molecule has 12 N–H and O–H groups in total. The first-order chi connectivity index (χ1) is 15.4. The first-order valence-corrected chi connectivity index (χ1v) is 10.1. The second-order valence-electron chi connectivity index (χ2n) is 7.20. The molecule has 0 saturated heterocycles. The van der Waals surface area contributed by atoms with Crippen LogP contribution in [0, 0.1) is 0 Å². The van der Waals surface area contributed by atoms with Crippen LogP contribution >= 0.6 is 0 Å². The highest BCUT2D eigenvalue weighted by Crippen LogP contribution is 2.03. The molecule has 0 aliphatic rings. The molecule has 0 aromatic carbocycles. The number of nitrogens with two attached hydrogens (primary N) is 3. The molecular weight excluding hydrogens is 444 g/mol. The van der Waals surface area contributed by atoms with Crippen LogP contribution in [0.2, 0.25) is 0 Å². The summed E-state index contributed by atoms with van der Waals surface area (Å²) in [6, 6.07) is -5.79. The molecule has 0 aliphatic heterocycles. The van der Waals surface area contributed by atoms with Crippen molar-refractivity contribution in [1.82, 2.24) is 16.0 Å². The van der Waals surface area contributed by atoms with E-state index in [-0.39, 0.29) is 19.3 Å². The zero-order valence-corrected chi connectivity index (χ0v) is 18.0. The fourth-order valence-electron chi connectivity index (χ4n) is 2.59. The Balaban J connectivity index is 5.27. The Morgan fingerprint density at radius 3 is 1.82 bits per heavy atom. The first-order valence-electron chi connectivity index (χ1n) is 10.1. The number of unbranched alkanes of at least 4 members (excludes halogenated alkanes) is 1. The van der Waals surface area contributed by atoms with E-state index in [1.165, 1.54) is 0 Å². The van der Waals surface area contributed by atoms with Crippen molar-refractivity contribution < 1.29 is 44.1 Å². The molecule has 15 nitrogen and oxygen atoms in total. The monoisotopic (exact) mass is 476 g/mol. The SMILES string of the molecule is NCCCCC(N)C(=O)NC(CO)C(=O)NC(CCC(N)=O)C(=O)NC(CC(=O)O)C(=O)O. The molecule has 0 radical (unpaired) electrons. The predicted molar refractivity (Wildman–Crippen MR) is 112 cm³/mol. The number of hydrogen-bond donors (Lipinski definition) is 9. The van der Waals surface area contributed by atoms with Crippen LogP contribution in [0.4, 0.5) is 0 Å². The highest BCUT2D eigenvalue weighted by molar-refractivity contribution is 5.94. The van der Waals surface area contributed by atoms with Gasteiger partial charge in [0.1, 0.15) is 18.1 Å². The third-order valence-corrected chi connectivity index (χ3v) is 4.43. The van der Waals surface area contributed by atoms with E-state index in [1.807, 2.05) is 5.32 Å². The highest BCUT2D eigenvalue weighted by atomic mass is 16.4. The van der Waals surface area contributed by atoms with Crippen molar-refractivity contribution in [2.45, 2.75) is 62.7 Å². The fourth-order valence-corrected chi connectivity index (χ4v) is 2.59. The Morgan fingerprint density at radius 1 is 0.788 bits per heavy atom. The van der Waals surface area contributed by atoms with E-state index in [2.05, 4.69) is 10.6 Å². The Hall–Kier alpha value is -3.30. The highest BCUT2D eigenvalue weighted by Gasteiger charge is 2.31. The smallest absolute Gasteiger partial charge is 0.326 e. The van der Waals surface area contributed by atoms with E-state index in [0.29, 0.717) is 19.4 Å². The Labute approximate surface area is 189 Å². The lowest BCUT2D eigenvalue weighted by atomic mass is 10.1. The van der Waals surface area contributed by atoms with Gasteiger partial charge < -0.3 is 48.5 Å². The van der Waals surface area contributed by atoms with Crippen LogP contribution in [0.1, 0.15) is 38.5 Å². The summed E-state index contributed by atoms with van der Waals surface area (Å²) in [5, 5.41) is 33.7. The van der Waals surface area contributed by atoms with Gasteiger partial charge in [-0.2, -0.15) is 0 Å². The molecule has 0 heterocycles.